The molecule has 0 aromatic heterocycles. The van der Waals surface area contributed by atoms with E-state index >= 15 is 0 Å². The number of hydrogen-bond acceptors (Lipinski definition) is 1. The van der Waals surface area contributed by atoms with Crippen molar-refractivity contribution in [1.82, 2.24) is 5.32 Å². The molecule has 0 fully saturated rings. The second-order valence-corrected chi connectivity index (χ2v) is 2.55. The van der Waals surface area contributed by atoms with Gasteiger partial charge in [0.25, 0.3) is 0 Å². The molecule has 1 N–H and O–H groups in total. The lowest BCUT2D eigenvalue weighted by atomic mass is 10.1. The molecule has 0 aromatic carbocycles. The third kappa shape index (κ3) is 4.44. The summed E-state index contributed by atoms with van der Waals surface area (Å²) >= 11 is 0. The van der Waals surface area contributed by atoms with E-state index in [-0.39, 0.29) is 11.8 Å². The molecule has 1 amide bonds. The number of carbonyl (C=O) groups excluding carboxylic acids is 1. The van der Waals surface area contributed by atoms with Gasteiger partial charge in [-0.25, -0.2) is 0 Å². The van der Waals surface area contributed by atoms with Crippen molar-refractivity contribution < 1.29 is 4.79 Å². The van der Waals surface area contributed by atoms with Crippen molar-refractivity contribution in [2.45, 2.75) is 26.7 Å². The average molecular weight is 153 g/mol. The van der Waals surface area contributed by atoms with Gasteiger partial charge in [-0.2, -0.15) is 0 Å². The molecule has 0 bridgehead atoms. The van der Waals surface area contributed by atoms with Crippen LogP contribution in [0.15, 0.2) is 0 Å². The highest BCUT2D eigenvalue weighted by Crippen LogP contribution is 1.98. The van der Waals surface area contributed by atoms with Gasteiger partial charge in [0.15, 0.2) is 0 Å². The standard InChI is InChI=1S/C9H15NO/c1-4-6-7-10-9(11)8(3)5-2/h1,8H,5-7H2,2-3H3,(H,10,11). The molecule has 0 aromatic rings. The molecule has 0 spiro atoms. The van der Waals surface area contributed by atoms with E-state index in [0.29, 0.717) is 13.0 Å². The number of rotatable bonds is 4. The van der Waals surface area contributed by atoms with E-state index in [1.165, 1.54) is 0 Å². The smallest absolute Gasteiger partial charge is 0.222 e. The van der Waals surface area contributed by atoms with Gasteiger partial charge >= 0.3 is 0 Å². The van der Waals surface area contributed by atoms with Crippen molar-refractivity contribution in [1.29, 1.82) is 0 Å². The number of nitrogens with one attached hydrogen (secondary N) is 1. The van der Waals surface area contributed by atoms with E-state index < -0.39 is 0 Å². The molecule has 1 unspecified atom stereocenters. The number of amides is 1. The van der Waals surface area contributed by atoms with Gasteiger partial charge in [0.2, 0.25) is 5.91 Å². The highest BCUT2D eigenvalue weighted by Gasteiger charge is 2.07. The minimum Gasteiger partial charge on any atom is -0.355 e. The van der Waals surface area contributed by atoms with Gasteiger partial charge in [-0.3, -0.25) is 4.79 Å². The van der Waals surface area contributed by atoms with Gasteiger partial charge in [-0.05, 0) is 6.42 Å². The normalized spacial score (nSPS) is 11.7. The SMILES string of the molecule is C#CCCNC(=O)C(C)CC. The number of carbonyl (C=O) groups is 1. The molecule has 0 rings (SSSR count). The minimum absolute atomic E-state index is 0.0998. The average Bonchev–Trinajstić information content (AvgIpc) is 2.03. The predicted octanol–water partition coefficient (Wildman–Crippen LogP) is 1.17. The van der Waals surface area contributed by atoms with Crippen LogP contribution in [0.5, 0.6) is 0 Å². The largest absolute Gasteiger partial charge is 0.355 e. The van der Waals surface area contributed by atoms with E-state index in [1.54, 1.807) is 0 Å². The van der Waals surface area contributed by atoms with Crippen LogP contribution in [0, 0.1) is 18.3 Å². The Morgan fingerprint density at radius 2 is 2.36 bits per heavy atom. The van der Waals surface area contributed by atoms with Crippen LogP contribution < -0.4 is 5.32 Å². The first-order chi connectivity index (χ1) is 5.22. The van der Waals surface area contributed by atoms with Crippen LogP contribution in [-0.4, -0.2) is 12.5 Å². The summed E-state index contributed by atoms with van der Waals surface area (Å²) < 4.78 is 0. The summed E-state index contributed by atoms with van der Waals surface area (Å²) in [6.07, 6.45) is 6.51. The van der Waals surface area contributed by atoms with Crippen molar-refractivity contribution in [3.8, 4) is 12.3 Å². The monoisotopic (exact) mass is 153 g/mol. The number of hydrogen-bond donors (Lipinski definition) is 1. The zero-order valence-electron chi connectivity index (χ0n) is 7.18. The summed E-state index contributed by atoms with van der Waals surface area (Å²) in [4.78, 5) is 11.1. The summed E-state index contributed by atoms with van der Waals surface area (Å²) in [6, 6.07) is 0. The van der Waals surface area contributed by atoms with Gasteiger partial charge in [0, 0.05) is 18.9 Å². The van der Waals surface area contributed by atoms with Crippen molar-refractivity contribution >= 4 is 5.91 Å². The Morgan fingerprint density at radius 3 is 2.82 bits per heavy atom. The van der Waals surface area contributed by atoms with E-state index in [4.69, 9.17) is 6.42 Å². The van der Waals surface area contributed by atoms with E-state index in [1.807, 2.05) is 13.8 Å². The Balaban J connectivity index is 3.46. The van der Waals surface area contributed by atoms with Crippen LogP contribution in [0.1, 0.15) is 26.7 Å². The second-order valence-electron chi connectivity index (χ2n) is 2.55. The Morgan fingerprint density at radius 1 is 1.73 bits per heavy atom. The summed E-state index contributed by atoms with van der Waals surface area (Å²) in [7, 11) is 0. The first-order valence-corrected chi connectivity index (χ1v) is 3.93. The molecule has 11 heavy (non-hydrogen) atoms. The lowest BCUT2D eigenvalue weighted by molar-refractivity contribution is -0.124. The first-order valence-electron chi connectivity index (χ1n) is 3.93. The Kier molecular flexibility index (Phi) is 5.28. The maximum absolute atomic E-state index is 11.1. The quantitative estimate of drug-likeness (QED) is 0.477. The maximum Gasteiger partial charge on any atom is 0.222 e. The van der Waals surface area contributed by atoms with Crippen molar-refractivity contribution in [3.05, 3.63) is 0 Å². The van der Waals surface area contributed by atoms with Crippen molar-refractivity contribution in [2.24, 2.45) is 5.92 Å². The summed E-state index contributed by atoms with van der Waals surface area (Å²) in [5.74, 6) is 2.67. The molecule has 0 heterocycles. The summed E-state index contributed by atoms with van der Waals surface area (Å²) in [6.45, 7) is 4.50. The molecule has 0 saturated carbocycles. The number of terminal acetylenes is 1. The molecule has 0 aliphatic rings. The maximum atomic E-state index is 11.1. The van der Waals surface area contributed by atoms with Crippen LogP contribution in [0.3, 0.4) is 0 Å². The van der Waals surface area contributed by atoms with E-state index in [9.17, 15) is 4.79 Å². The molecule has 2 heteroatoms. The van der Waals surface area contributed by atoms with Crippen LogP contribution in [0.25, 0.3) is 0 Å². The molecular formula is C9H15NO. The van der Waals surface area contributed by atoms with Gasteiger partial charge in [0.1, 0.15) is 0 Å². The van der Waals surface area contributed by atoms with Crippen LogP contribution in [0.4, 0.5) is 0 Å². The van der Waals surface area contributed by atoms with E-state index in [2.05, 4.69) is 11.2 Å². The minimum atomic E-state index is 0.0998. The molecule has 0 radical (unpaired) electrons. The molecular weight excluding hydrogens is 138 g/mol. The van der Waals surface area contributed by atoms with Crippen LogP contribution in [-0.2, 0) is 4.79 Å². The highest BCUT2D eigenvalue weighted by molar-refractivity contribution is 5.78. The molecule has 2 nitrogen and oxygen atoms in total. The summed E-state index contributed by atoms with van der Waals surface area (Å²) in [5.41, 5.74) is 0. The molecule has 0 aliphatic carbocycles. The predicted molar refractivity (Wildman–Crippen MR) is 45.9 cm³/mol. The van der Waals surface area contributed by atoms with E-state index in [0.717, 1.165) is 6.42 Å². The topological polar surface area (TPSA) is 29.1 Å². The molecule has 0 saturated heterocycles. The van der Waals surface area contributed by atoms with Crippen LogP contribution >= 0.6 is 0 Å². The molecule has 1 atom stereocenters. The summed E-state index contributed by atoms with van der Waals surface area (Å²) in [5, 5.41) is 2.75. The van der Waals surface area contributed by atoms with Gasteiger partial charge < -0.3 is 5.32 Å². The fraction of sp³-hybridized carbons (Fsp3) is 0.667. The fourth-order valence-electron chi connectivity index (χ4n) is 0.617. The second kappa shape index (κ2) is 5.79. The van der Waals surface area contributed by atoms with Gasteiger partial charge in [0.05, 0.1) is 0 Å². The lowest BCUT2D eigenvalue weighted by Crippen LogP contribution is -2.29. The zero-order chi connectivity index (χ0) is 8.69. The first kappa shape index (κ1) is 10.0. The Hall–Kier alpha value is -0.970. The van der Waals surface area contributed by atoms with Gasteiger partial charge in [-0.1, -0.05) is 13.8 Å². The van der Waals surface area contributed by atoms with Crippen molar-refractivity contribution in [2.75, 3.05) is 6.54 Å². The van der Waals surface area contributed by atoms with Crippen molar-refractivity contribution in [3.63, 3.8) is 0 Å². The molecule has 0 aliphatic heterocycles. The molecule has 62 valence electrons. The zero-order valence-corrected chi connectivity index (χ0v) is 7.18. The third-order valence-corrected chi connectivity index (χ3v) is 1.63. The third-order valence-electron chi connectivity index (χ3n) is 1.63. The fourth-order valence-corrected chi connectivity index (χ4v) is 0.617. The lowest BCUT2D eigenvalue weighted by Gasteiger charge is -2.07. The Bertz CT molecular complexity index is 157. The van der Waals surface area contributed by atoms with Crippen LogP contribution in [0.2, 0.25) is 0 Å². The highest BCUT2D eigenvalue weighted by atomic mass is 16.1. The Labute approximate surface area is 68.4 Å². The van der Waals surface area contributed by atoms with Gasteiger partial charge in [-0.15, -0.1) is 12.3 Å².